The molecule has 1 aromatic rings. The largest absolute Gasteiger partial charge is 0.325 e. The van der Waals surface area contributed by atoms with Gasteiger partial charge in [0.2, 0.25) is 0 Å². The molecule has 118 valence electrons. The van der Waals surface area contributed by atoms with E-state index in [1.54, 1.807) is 0 Å². The van der Waals surface area contributed by atoms with E-state index in [0.717, 1.165) is 11.1 Å². The second-order valence-corrected chi connectivity index (χ2v) is 6.73. The third kappa shape index (κ3) is 4.17. The van der Waals surface area contributed by atoms with E-state index in [2.05, 4.69) is 32.9 Å². The molecule has 0 unspecified atom stereocenters. The van der Waals surface area contributed by atoms with Crippen LogP contribution in [0.1, 0.15) is 51.2 Å². The fourth-order valence-corrected chi connectivity index (χ4v) is 3.18. The second kappa shape index (κ2) is 7.06. The normalized spacial score (nSPS) is 19.0. The average Bonchev–Trinajstić information content (AvgIpc) is 2.46. The Morgan fingerprint density at radius 2 is 2.00 bits per heavy atom. The van der Waals surface area contributed by atoms with E-state index in [1.807, 2.05) is 24.3 Å². The maximum absolute atomic E-state index is 13.3. The van der Waals surface area contributed by atoms with Crippen molar-refractivity contribution in [1.82, 2.24) is 0 Å². The molecule has 1 nitrogen and oxygen atoms in total. The first-order valence-corrected chi connectivity index (χ1v) is 7.97. The van der Waals surface area contributed by atoms with E-state index in [4.69, 9.17) is 5.73 Å². The Labute approximate surface area is 133 Å². The Morgan fingerprint density at radius 3 is 2.68 bits per heavy atom. The third-order valence-electron chi connectivity index (χ3n) is 4.41. The molecule has 0 spiro atoms. The molecule has 0 amide bonds. The monoisotopic (exact) mass is 299 g/mol. The van der Waals surface area contributed by atoms with Crippen LogP contribution in [-0.2, 0) is 0 Å². The lowest BCUT2D eigenvalue weighted by atomic mass is 9.72. The van der Waals surface area contributed by atoms with Crippen LogP contribution >= 0.6 is 0 Å². The lowest BCUT2D eigenvalue weighted by molar-refractivity contribution is 0.377. The van der Waals surface area contributed by atoms with Crippen LogP contribution < -0.4 is 5.73 Å². The molecule has 0 saturated carbocycles. The summed E-state index contributed by atoms with van der Waals surface area (Å²) in [5.74, 6) is -0.298. The molecule has 0 aromatic heterocycles. The summed E-state index contributed by atoms with van der Waals surface area (Å²) in [6.45, 7) is 6.80. The predicted octanol–water partition coefficient (Wildman–Crippen LogP) is 5.50. The van der Waals surface area contributed by atoms with Crippen molar-refractivity contribution >= 4 is 12.2 Å². The van der Waals surface area contributed by atoms with E-state index in [-0.39, 0.29) is 17.8 Å². The minimum atomic E-state index is -0.298. The molecule has 22 heavy (non-hydrogen) atoms. The standard InChI is InChI=1S/C20H26FN/c1-15-6-5-11-20(2,3)19(15)10-9-16-7-4-8-17(12-16)13-18(21)14-22/h4,7-10,12-13H,5-6,11,14,22H2,1-3H3/b10-9?,18-13+. The van der Waals surface area contributed by atoms with Gasteiger partial charge in [-0.1, -0.05) is 49.8 Å². The van der Waals surface area contributed by atoms with Gasteiger partial charge < -0.3 is 5.73 Å². The van der Waals surface area contributed by atoms with Crippen LogP contribution in [0.4, 0.5) is 4.39 Å². The summed E-state index contributed by atoms with van der Waals surface area (Å²) in [5, 5.41) is 0. The maximum Gasteiger partial charge on any atom is 0.114 e. The molecule has 1 aliphatic carbocycles. The molecule has 2 rings (SSSR count). The summed E-state index contributed by atoms with van der Waals surface area (Å²) in [7, 11) is 0. The van der Waals surface area contributed by atoms with Crippen LogP contribution in [0.25, 0.3) is 12.2 Å². The summed E-state index contributed by atoms with van der Waals surface area (Å²) in [4.78, 5) is 0. The van der Waals surface area contributed by atoms with Crippen molar-refractivity contribution < 1.29 is 4.39 Å². The van der Waals surface area contributed by atoms with Gasteiger partial charge in [-0.2, -0.15) is 0 Å². The zero-order chi connectivity index (χ0) is 16.2. The Kier molecular flexibility index (Phi) is 5.36. The molecule has 0 radical (unpaired) electrons. The molecule has 0 atom stereocenters. The topological polar surface area (TPSA) is 26.0 Å². The van der Waals surface area contributed by atoms with Crippen molar-refractivity contribution in [2.75, 3.05) is 6.54 Å². The Morgan fingerprint density at radius 1 is 1.27 bits per heavy atom. The molecule has 2 heteroatoms. The number of benzene rings is 1. The summed E-state index contributed by atoms with van der Waals surface area (Å²) in [6.07, 6.45) is 9.55. The van der Waals surface area contributed by atoms with Crippen LogP contribution in [0.3, 0.4) is 0 Å². The summed E-state index contributed by atoms with van der Waals surface area (Å²) in [6, 6.07) is 7.86. The SMILES string of the molecule is CC1=C(C=Cc2cccc(/C=C(/F)CN)c2)C(C)(C)CCC1. The average molecular weight is 299 g/mol. The third-order valence-corrected chi connectivity index (χ3v) is 4.41. The van der Waals surface area contributed by atoms with Crippen molar-refractivity contribution in [1.29, 1.82) is 0 Å². The van der Waals surface area contributed by atoms with Crippen molar-refractivity contribution in [3.8, 4) is 0 Å². The minimum absolute atomic E-state index is 0.0552. The molecular weight excluding hydrogens is 273 g/mol. The van der Waals surface area contributed by atoms with Crippen LogP contribution in [0.2, 0.25) is 0 Å². The lowest BCUT2D eigenvalue weighted by Gasteiger charge is -2.32. The first kappa shape index (κ1) is 16.7. The molecule has 0 heterocycles. The van der Waals surface area contributed by atoms with Crippen LogP contribution in [0.15, 0.2) is 47.3 Å². The number of halogens is 1. The maximum atomic E-state index is 13.3. The number of hydrogen-bond acceptors (Lipinski definition) is 1. The van der Waals surface area contributed by atoms with Crippen molar-refractivity contribution in [3.05, 3.63) is 58.4 Å². The Hall–Kier alpha value is -1.67. The molecule has 0 bridgehead atoms. The fourth-order valence-electron chi connectivity index (χ4n) is 3.18. The van der Waals surface area contributed by atoms with Crippen molar-refractivity contribution in [2.24, 2.45) is 11.1 Å². The zero-order valence-corrected chi connectivity index (χ0v) is 13.8. The molecule has 0 fully saturated rings. The molecule has 0 aliphatic heterocycles. The van der Waals surface area contributed by atoms with Crippen molar-refractivity contribution in [3.63, 3.8) is 0 Å². The highest BCUT2D eigenvalue weighted by molar-refractivity contribution is 5.60. The first-order chi connectivity index (χ1) is 10.4. The van der Waals surface area contributed by atoms with Gasteiger partial charge in [0.15, 0.2) is 0 Å². The van der Waals surface area contributed by atoms with Gasteiger partial charge in [0, 0.05) is 6.54 Å². The molecule has 1 aliphatic rings. The molecule has 1 aromatic carbocycles. The van der Waals surface area contributed by atoms with Gasteiger partial charge >= 0.3 is 0 Å². The molecule has 2 N–H and O–H groups in total. The fraction of sp³-hybridized carbons (Fsp3) is 0.400. The summed E-state index contributed by atoms with van der Waals surface area (Å²) in [5.41, 5.74) is 10.4. The van der Waals surface area contributed by atoms with Gasteiger partial charge in [-0.15, -0.1) is 0 Å². The predicted molar refractivity (Wildman–Crippen MR) is 93.9 cm³/mol. The number of allylic oxidation sites excluding steroid dienone is 3. The number of nitrogens with two attached hydrogens (primary N) is 1. The zero-order valence-electron chi connectivity index (χ0n) is 13.8. The summed E-state index contributed by atoms with van der Waals surface area (Å²) >= 11 is 0. The van der Waals surface area contributed by atoms with Crippen LogP contribution in [-0.4, -0.2) is 6.54 Å². The van der Waals surface area contributed by atoms with E-state index in [1.165, 1.54) is 36.5 Å². The number of rotatable bonds is 4. The van der Waals surface area contributed by atoms with Gasteiger partial charge in [-0.05, 0) is 60.4 Å². The van der Waals surface area contributed by atoms with Crippen LogP contribution in [0.5, 0.6) is 0 Å². The molecule has 0 saturated heterocycles. The van der Waals surface area contributed by atoms with E-state index < -0.39 is 0 Å². The van der Waals surface area contributed by atoms with Gasteiger partial charge in [0.25, 0.3) is 0 Å². The summed E-state index contributed by atoms with van der Waals surface area (Å²) < 4.78 is 13.3. The Bertz CT molecular complexity index is 620. The highest BCUT2D eigenvalue weighted by Gasteiger charge is 2.26. The highest BCUT2D eigenvalue weighted by Crippen LogP contribution is 2.40. The van der Waals surface area contributed by atoms with Crippen molar-refractivity contribution in [2.45, 2.75) is 40.0 Å². The van der Waals surface area contributed by atoms with E-state index in [9.17, 15) is 4.39 Å². The highest BCUT2D eigenvalue weighted by atomic mass is 19.1. The quantitative estimate of drug-likeness (QED) is 0.781. The first-order valence-electron chi connectivity index (χ1n) is 7.97. The minimum Gasteiger partial charge on any atom is -0.325 e. The van der Waals surface area contributed by atoms with E-state index >= 15 is 0 Å². The van der Waals surface area contributed by atoms with Crippen LogP contribution in [0, 0.1) is 5.41 Å². The van der Waals surface area contributed by atoms with Gasteiger partial charge in [-0.3, -0.25) is 0 Å². The Balaban J connectivity index is 2.25. The van der Waals surface area contributed by atoms with E-state index in [0.29, 0.717) is 0 Å². The van der Waals surface area contributed by atoms with Gasteiger partial charge in [0.1, 0.15) is 5.83 Å². The van der Waals surface area contributed by atoms with Gasteiger partial charge in [0.05, 0.1) is 0 Å². The second-order valence-electron chi connectivity index (χ2n) is 6.73. The lowest BCUT2D eigenvalue weighted by Crippen LogP contribution is -2.18. The number of hydrogen-bond donors (Lipinski definition) is 1. The molecular formula is C20H26FN. The van der Waals surface area contributed by atoms with Gasteiger partial charge in [-0.25, -0.2) is 4.39 Å². The smallest absolute Gasteiger partial charge is 0.114 e.